The standard InChI is InChI=1S/C18H25N3O4/c1-18(2,3)25-17(24)21-10-6-7-12(11-21)16(23)20-14-9-5-4-8-13(14)15(19)22/h4-5,8-9,12H,6-7,10-11H2,1-3H3,(H2,19,22)(H,20,23). The topological polar surface area (TPSA) is 102 Å². The van der Waals surface area contributed by atoms with Crippen molar-refractivity contribution in [3.63, 3.8) is 0 Å². The number of nitrogens with zero attached hydrogens (tertiary/aromatic N) is 1. The van der Waals surface area contributed by atoms with Crippen molar-refractivity contribution in [1.82, 2.24) is 4.90 Å². The first kappa shape index (κ1) is 18.8. The molecule has 1 atom stereocenters. The van der Waals surface area contributed by atoms with Crippen molar-refractivity contribution < 1.29 is 19.1 Å². The van der Waals surface area contributed by atoms with Gasteiger partial charge in [-0.2, -0.15) is 0 Å². The quantitative estimate of drug-likeness (QED) is 0.876. The van der Waals surface area contributed by atoms with Crippen LogP contribution in [-0.2, 0) is 9.53 Å². The number of anilines is 1. The van der Waals surface area contributed by atoms with Gasteiger partial charge in [0.25, 0.3) is 5.91 Å². The van der Waals surface area contributed by atoms with Gasteiger partial charge in [0, 0.05) is 13.1 Å². The highest BCUT2D eigenvalue weighted by atomic mass is 16.6. The van der Waals surface area contributed by atoms with Crippen LogP contribution in [-0.4, -0.2) is 41.5 Å². The van der Waals surface area contributed by atoms with E-state index in [1.807, 2.05) is 0 Å². The molecule has 1 saturated heterocycles. The molecule has 25 heavy (non-hydrogen) atoms. The van der Waals surface area contributed by atoms with Gasteiger partial charge in [0.2, 0.25) is 5.91 Å². The van der Waals surface area contributed by atoms with E-state index in [1.54, 1.807) is 49.9 Å². The summed E-state index contributed by atoms with van der Waals surface area (Å²) < 4.78 is 5.37. The molecule has 1 aliphatic rings. The Labute approximate surface area is 147 Å². The monoisotopic (exact) mass is 347 g/mol. The van der Waals surface area contributed by atoms with E-state index in [-0.39, 0.29) is 17.4 Å². The molecule has 1 aromatic rings. The summed E-state index contributed by atoms with van der Waals surface area (Å²) in [5.41, 5.74) is 5.40. The summed E-state index contributed by atoms with van der Waals surface area (Å²) in [6.45, 7) is 6.27. The van der Waals surface area contributed by atoms with Crippen LogP contribution in [0, 0.1) is 5.92 Å². The molecule has 0 aromatic heterocycles. The molecular weight excluding hydrogens is 322 g/mol. The number of nitrogens with two attached hydrogens (primary N) is 1. The number of primary amides is 1. The van der Waals surface area contributed by atoms with Crippen LogP contribution >= 0.6 is 0 Å². The Morgan fingerprint density at radius 2 is 1.92 bits per heavy atom. The zero-order chi connectivity index (χ0) is 18.6. The van der Waals surface area contributed by atoms with E-state index >= 15 is 0 Å². The Morgan fingerprint density at radius 1 is 1.24 bits per heavy atom. The lowest BCUT2D eigenvalue weighted by Gasteiger charge is -2.33. The fourth-order valence-corrected chi connectivity index (χ4v) is 2.73. The summed E-state index contributed by atoms with van der Waals surface area (Å²) in [4.78, 5) is 37.8. The van der Waals surface area contributed by atoms with Crippen molar-refractivity contribution in [2.75, 3.05) is 18.4 Å². The predicted octanol–water partition coefficient (Wildman–Crippen LogP) is 2.37. The highest BCUT2D eigenvalue weighted by Gasteiger charge is 2.31. The van der Waals surface area contributed by atoms with Crippen molar-refractivity contribution in [2.24, 2.45) is 11.7 Å². The number of hydrogen-bond donors (Lipinski definition) is 2. The first-order valence-electron chi connectivity index (χ1n) is 8.35. The summed E-state index contributed by atoms with van der Waals surface area (Å²) in [5.74, 6) is -1.20. The Balaban J connectivity index is 2.03. The van der Waals surface area contributed by atoms with Gasteiger partial charge in [0.15, 0.2) is 0 Å². The molecular formula is C18H25N3O4. The van der Waals surface area contributed by atoms with Crippen molar-refractivity contribution in [3.05, 3.63) is 29.8 Å². The second kappa shape index (κ2) is 7.55. The summed E-state index contributed by atoms with van der Waals surface area (Å²) in [6.07, 6.45) is 0.973. The van der Waals surface area contributed by atoms with E-state index in [2.05, 4.69) is 5.32 Å². The van der Waals surface area contributed by atoms with Gasteiger partial charge in [0.1, 0.15) is 5.60 Å². The Morgan fingerprint density at radius 3 is 2.56 bits per heavy atom. The van der Waals surface area contributed by atoms with Crippen LogP contribution in [0.25, 0.3) is 0 Å². The lowest BCUT2D eigenvalue weighted by atomic mass is 9.97. The van der Waals surface area contributed by atoms with E-state index < -0.39 is 17.6 Å². The van der Waals surface area contributed by atoms with Crippen molar-refractivity contribution in [2.45, 2.75) is 39.2 Å². The van der Waals surface area contributed by atoms with E-state index in [9.17, 15) is 14.4 Å². The maximum atomic E-state index is 12.6. The van der Waals surface area contributed by atoms with Crippen LogP contribution in [0.15, 0.2) is 24.3 Å². The smallest absolute Gasteiger partial charge is 0.410 e. The minimum Gasteiger partial charge on any atom is -0.444 e. The van der Waals surface area contributed by atoms with Crippen LogP contribution in [0.3, 0.4) is 0 Å². The lowest BCUT2D eigenvalue weighted by Crippen LogP contribution is -2.45. The van der Waals surface area contributed by atoms with Crippen molar-refractivity contribution in [3.8, 4) is 0 Å². The number of para-hydroxylation sites is 1. The molecule has 136 valence electrons. The zero-order valence-electron chi connectivity index (χ0n) is 14.9. The Bertz CT molecular complexity index is 667. The highest BCUT2D eigenvalue weighted by Crippen LogP contribution is 2.22. The molecule has 0 radical (unpaired) electrons. The van der Waals surface area contributed by atoms with Crippen LogP contribution in [0.1, 0.15) is 44.0 Å². The lowest BCUT2D eigenvalue weighted by molar-refractivity contribution is -0.121. The highest BCUT2D eigenvalue weighted by molar-refractivity contribution is 6.03. The zero-order valence-corrected chi connectivity index (χ0v) is 14.9. The number of benzene rings is 1. The number of carbonyl (C=O) groups excluding carboxylic acids is 3. The van der Waals surface area contributed by atoms with Gasteiger partial charge in [-0.25, -0.2) is 4.79 Å². The number of hydrogen-bond acceptors (Lipinski definition) is 4. The van der Waals surface area contributed by atoms with Crippen molar-refractivity contribution >= 4 is 23.6 Å². The number of nitrogens with one attached hydrogen (secondary N) is 1. The van der Waals surface area contributed by atoms with Crippen molar-refractivity contribution in [1.29, 1.82) is 0 Å². The molecule has 1 unspecified atom stereocenters. The van der Waals surface area contributed by atoms with Crippen LogP contribution in [0.4, 0.5) is 10.5 Å². The first-order chi connectivity index (χ1) is 11.7. The average Bonchev–Trinajstić information content (AvgIpc) is 2.53. The molecule has 1 fully saturated rings. The molecule has 1 aliphatic heterocycles. The summed E-state index contributed by atoms with van der Waals surface area (Å²) in [5, 5.41) is 2.75. The third-order valence-electron chi connectivity index (χ3n) is 3.89. The molecule has 1 aromatic carbocycles. The molecule has 7 nitrogen and oxygen atoms in total. The van der Waals surface area contributed by atoms with Gasteiger partial charge < -0.3 is 20.7 Å². The maximum Gasteiger partial charge on any atom is 0.410 e. The van der Waals surface area contributed by atoms with E-state index in [1.165, 1.54) is 0 Å². The molecule has 3 N–H and O–H groups in total. The third kappa shape index (κ3) is 5.20. The Hall–Kier alpha value is -2.57. The number of rotatable bonds is 3. The van der Waals surface area contributed by atoms with Gasteiger partial charge in [-0.3, -0.25) is 9.59 Å². The molecule has 0 bridgehead atoms. The fraction of sp³-hybridized carbons (Fsp3) is 0.500. The van der Waals surface area contributed by atoms with Gasteiger partial charge in [-0.05, 0) is 45.7 Å². The summed E-state index contributed by atoms with van der Waals surface area (Å²) >= 11 is 0. The second-order valence-corrected chi connectivity index (χ2v) is 7.16. The normalized spacial score (nSPS) is 17.7. The average molecular weight is 347 g/mol. The summed E-state index contributed by atoms with van der Waals surface area (Å²) in [7, 11) is 0. The molecule has 3 amide bonds. The first-order valence-corrected chi connectivity index (χ1v) is 8.35. The molecule has 2 rings (SSSR count). The third-order valence-corrected chi connectivity index (χ3v) is 3.89. The maximum absolute atomic E-state index is 12.6. The van der Waals surface area contributed by atoms with Crippen LogP contribution in [0.5, 0.6) is 0 Å². The molecule has 1 heterocycles. The predicted molar refractivity (Wildman–Crippen MR) is 94.1 cm³/mol. The van der Waals surface area contributed by atoms with Gasteiger partial charge >= 0.3 is 6.09 Å². The SMILES string of the molecule is CC(C)(C)OC(=O)N1CCCC(C(=O)Nc2ccccc2C(N)=O)C1. The van der Waals surface area contributed by atoms with E-state index in [0.29, 0.717) is 25.2 Å². The second-order valence-electron chi connectivity index (χ2n) is 7.16. The van der Waals surface area contributed by atoms with E-state index in [0.717, 1.165) is 6.42 Å². The molecule has 0 aliphatic carbocycles. The molecule has 7 heteroatoms. The van der Waals surface area contributed by atoms with Gasteiger partial charge in [0.05, 0.1) is 17.2 Å². The Kier molecular flexibility index (Phi) is 5.66. The number of piperidine rings is 1. The summed E-state index contributed by atoms with van der Waals surface area (Å²) in [6, 6.07) is 6.59. The number of ether oxygens (including phenoxy) is 1. The van der Waals surface area contributed by atoms with E-state index in [4.69, 9.17) is 10.5 Å². The number of amides is 3. The van der Waals surface area contributed by atoms with Gasteiger partial charge in [-0.1, -0.05) is 12.1 Å². The fourth-order valence-electron chi connectivity index (χ4n) is 2.73. The minimum absolute atomic E-state index is 0.234. The number of carbonyl (C=O) groups is 3. The van der Waals surface area contributed by atoms with Crippen LogP contribution < -0.4 is 11.1 Å². The number of likely N-dealkylation sites (tertiary alicyclic amines) is 1. The molecule has 0 saturated carbocycles. The largest absolute Gasteiger partial charge is 0.444 e. The van der Waals surface area contributed by atoms with Crippen LogP contribution in [0.2, 0.25) is 0 Å². The molecule has 0 spiro atoms. The minimum atomic E-state index is -0.602. The van der Waals surface area contributed by atoms with Gasteiger partial charge in [-0.15, -0.1) is 0 Å².